The van der Waals surface area contributed by atoms with Gasteiger partial charge in [-0.2, -0.15) is 10.1 Å². The highest BCUT2D eigenvalue weighted by Gasteiger charge is 2.37. The lowest BCUT2D eigenvalue weighted by Crippen LogP contribution is -2.55. The number of anilines is 2. The lowest BCUT2D eigenvalue weighted by Gasteiger charge is -2.42. The van der Waals surface area contributed by atoms with E-state index in [0.29, 0.717) is 91.1 Å². The van der Waals surface area contributed by atoms with Crippen molar-refractivity contribution in [2.45, 2.75) is 70.4 Å². The van der Waals surface area contributed by atoms with Gasteiger partial charge in [0.2, 0.25) is 23.7 Å². The lowest BCUT2D eigenvalue weighted by molar-refractivity contribution is -0.134. The Morgan fingerprint density at radius 3 is 2.58 bits per heavy atom. The fraction of sp³-hybridized carbons (Fsp3) is 0.444. The predicted molar refractivity (Wildman–Crippen MR) is 227 cm³/mol. The van der Waals surface area contributed by atoms with Gasteiger partial charge in [0.05, 0.1) is 53.5 Å². The van der Waals surface area contributed by atoms with Crippen LogP contribution in [-0.2, 0) is 27.8 Å². The van der Waals surface area contributed by atoms with Gasteiger partial charge >= 0.3 is 0 Å². The summed E-state index contributed by atoms with van der Waals surface area (Å²) in [5.74, 6) is -3.30. The summed E-state index contributed by atoms with van der Waals surface area (Å²) in [7, 11) is 5.20. The van der Waals surface area contributed by atoms with E-state index in [1.54, 1.807) is 48.1 Å². The number of likely N-dealkylation sites (N-methyl/N-ethyl adjacent to an activating group) is 1. The van der Waals surface area contributed by atoms with E-state index < -0.39 is 35.3 Å². The lowest BCUT2D eigenvalue weighted by atomic mass is 9.89. The molecule has 4 amide bonds. The minimum atomic E-state index is -1.05. The van der Waals surface area contributed by atoms with Crippen molar-refractivity contribution in [3.05, 3.63) is 88.2 Å². The number of aromatic nitrogens is 3. The number of carbonyl (C=O) groups excluding carboxylic acids is 4. The van der Waals surface area contributed by atoms with Gasteiger partial charge in [-0.25, -0.2) is 13.5 Å². The fourth-order valence-electron chi connectivity index (χ4n) is 9.01. The summed E-state index contributed by atoms with van der Waals surface area (Å²) >= 11 is 0. The molecule has 326 valence electrons. The standard InChI is InChI=1S/C45H51F2N9O6/c1-25-7-6-16-62-44-31(22-48-54(44)4)35-20-29(17-26(2)49-35)41(58)52-45-50-34-10-8-28(21-37(34)56(45)23-25)43(60)53(3)36-13-15-55(24-38(36)61-5)14-12-27-18-32(46)40(33(47)19-27)30-9-11-39(57)51-42(30)59/h8,10,17-22,25,30,36,38H,6-7,9,11-16,23-24H2,1-5H3,(H,50,52,58)(H,51,57,59)/t25-,30-,36-,38-/m1/s1. The molecule has 2 fully saturated rings. The normalized spacial score (nSPS) is 22.8. The third-order valence-corrected chi connectivity index (χ3v) is 12.4. The predicted octanol–water partition coefficient (Wildman–Crippen LogP) is 5.23. The van der Waals surface area contributed by atoms with Crippen molar-refractivity contribution in [2.24, 2.45) is 18.0 Å². The van der Waals surface area contributed by atoms with Crippen molar-refractivity contribution in [1.29, 1.82) is 0 Å². The number of hydrogen-bond acceptors (Lipinski definition) is 11. The SMILES string of the molecule is CO[C@@H]1CN(CCc2cc(F)c([C@H]3CCC(=O)NC3=O)c(F)c2)CC[C@H]1N(C)C(=O)c1ccc2c(c1)N1C[C@H](C)CCCOc3c(cnn3C)-c3cc(cc(C)n3)C(=O)/N=C/1N2. The molecule has 62 heavy (non-hydrogen) atoms. The second-order valence-corrected chi connectivity index (χ2v) is 16.7. The molecule has 4 aliphatic heterocycles. The molecule has 15 nitrogen and oxygen atoms in total. The van der Waals surface area contributed by atoms with E-state index in [0.717, 1.165) is 24.2 Å². The van der Waals surface area contributed by atoms with Crippen LogP contribution in [0.25, 0.3) is 11.3 Å². The molecule has 0 radical (unpaired) electrons. The number of carbonyl (C=O) groups is 4. The Balaban J connectivity index is 0.957. The number of aliphatic imine (C=N–C) groups is 1. The number of ether oxygens (including phenoxy) is 2. The first kappa shape index (κ1) is 42.6. The highest BCUT2D eigenvalue weighted by Crippen LogP contribution is 2.37. The second kappa shape index (κ2) is 17.7. The van der Waals surface area contributed by atoms with Gasteiger partial charge in [-0.1, -0.05) is 6.92 Å². The van der Waals surface area contributed by atoms with Crippen LogP contribution in [0.5, 0.6) is 5.88 Å². The van der Waals surface area contributed by atoms with Gasteiger partial charge in [-0.15, -0.1) is 0 Å². The van der Waals surface area contributed by atoms with Crippen molar-refractivity contribution in [3.8, 4) is 17.1 Å². The Bertz CT molecular complexity index is 2430. The largest absolute Gasteiger partial charge is 0.477 e. The number of nitrogens with one attached hydrogen (secondary N) is 2. The zero-order chi connectivity index (χ0) is 43.8. The number of methoxy groups -OCH3 is 1. The van der Waals surface area contributed by atoms with Crippen molar-refractivity contribution in [1.82, 2.24) is 29.9 Å². The molecular formula is C45H51F2N9O6. The number of halogens is 2. The van der Waals surface area contributed by atoms with Crippen LogP contribution in [0.1, 0.15) is 82.5 Å². The maximum absolute atomic E-state index is 15.2. The third-order valence-electron chi connectivity index (χ3n) is 12.4. The minimum Gasteiger partial charge on any atom is -0.477 e. The number of rotatable bonds is 7. The molecule has 2 aromatic heterocycles. The van der Waals surface area contributed by atoms with E-state index in [1.165, 1.54) is 12.1 Å². The first-order valence-corrected chi connectivity index (χ1v) is 21.1. The molecule has 17 heteroatoms. The summed E-state index contributed by atoms with van der Waals surface area (Å²) in [5.41, 5.74) is 4.37. The van der Waals surface area contributed by atoms with Crippen LogP contribution in [0, 0.1) is 24.5 Å². The molecule has 6 heterocycles. The Labute approximate surface area is 358 Å². The molecule has 4 aromatic rings. The molecule has 4 atom stereocenters. The molecule has 0 unspecified atom stereocenters. The van der Waals surface area contributed by atoms with E-state index in [9.17, 15) is 19.2 Å². The highest BCUT2D eigenvalue weighted by molar-refractivity contribution is 6.19. The first-order valence-electron chi connectivity index (χ1n) is 21.1. The van der Waals surface area contributed by atoms with Crippen molar-refractivity contribution < 1.29 is 37.4 Å². The number of amides is 4. The van der Waals surface area contributed by atoms with Gasteiger partial charge in [-0.3, -0.25) is 29.5 Å². The third kappa shape index (κ3) is 8.68. The average Bonchev–Trinajstić information content (AvgIpc) is 3.78. The van der Waals surface area contributed by atoms with Gasteiger partial charge < -0.3 is 29.5 Å². The van der Waals surface area contributed by atoms with Crippen LogP contribution >= 0.6 is 0 Å². The van der Waals surface area contributed by atoms with Crippen molar-refractivity contribution in [2.75, 3.05) is 57.2 Å². The molecule has 2 saturated heterocycles. The maximum Gasteiger partial charge on any atom is 0.280 e. The molecule has 0 saturated carbocycles. The number of guanidine groups is 1. The van der Waals surface area contributed by atoms with Crippen LogP contribution in [0.4, 0.5) is 20.2 Å². The van der Waals surface area contributed by atoms with Gasteiger partial charge in [0.15, 0.2) is 0 Å². The highest BCUT2D eigenvalue weighted by atomic mass is 19.1. The molecular weight excluding hydrogens is 801 g/mol. The number of nitrogens with zero attached hydrogens (tertiary/aromatic N) is 7. The van der Waals surface area contributed by atoms with E-state index in [4.69, 9.17) is 9.47 Å². The minimum absolute atomic E-state index is 0.0250. The number of likely N-dealkylation sites (tertiary alicyclic amines) is 1. The smallest absolute Gasteiger partial charge is 0.280 e. The summed E-state index contributed by atoms with van der Waals surface area (Å²) in [6, 6.07) is 11.1. The van der Waals surface area contributed by atoms with Gasteiger partial charge in [-0.05, 0) is 93.0 Å². The van der Waals surface area contributed by atoms with Crippen LogP contribution in [0.15, 0.2) is 53.7 Å². The van der Waals surface area contributed by atoms with E-state index in [2.05, 4.69) is 37.5 Å². The van der Waals surface area contributed by atoms with Gasteiger partial charge in [0.1, 0.15) is 11.6 Å². The van der Waals surface area contributed by atoms with E-state index >= 15 is 8.78 Å². The molecule has 2 bridgehead atoms. The Morgan fingerprint density at radius 2 is 1.82 bits per heavy atom. The zero-order valence-electron chi connectivity index (χ0n) is 35.5. The van der Waals surface area contributed by atoms with Gasteiger partial charge in [0, 0.05) is 76.2 Å². The van der Waals surface area contributed by atoms with Crippen molar-refractivity contribution >= 4 is 41.0 Å². The van der Waals surface area contributed by atoms with Crippen LogP contribution < -0.4 is 20.3 Å². The monoisotopic (exact) mass is 851 g/mol. The van der Waals surface area contributed by atoms with Gasteiger partial charge in [0.25, 0.3) is 11.8 Å². The molecule has 8 rings (SSSR count). The van der Waals surface area contributed by atoms with E-state index in [1.807, 2.05) is 31.0 Å². The summed E-state index contributed by atoms with van der Waals surface area (Å²) in [5, 5.41) is 9.88. The molecule has 2 aromatic carbocycles. The summed E-state index contributed by atoms with van der Waals surface area (Å²) in [4.78, 5) is 67.1. The van der Waals surface area contributed by atoms with Crippen molar-refractivity contribution in [3.63, 3.8) is 0 Å². The molecule has 2 N–H and O–H groups in total. The second-order valence-electron chi connectivity index (χ2n) is 16.7. The molecule has 0 aliphatic carbocycles. The Kier molecular flexibility index (Phi) is 12.2. The topological polar surface area (TPSA) is 164 Å². The number of fused-ring (bicyclic) bond motifs is 7. The number of imide groups is 1. The number of benzene rings is 2. The zero-order valence-corrected chi connectivity index (χ0v) is 35.5. The Morgan fingerprint density at radius 1 is 1.03 bits per heavy atom. The first-order chi connectivity index (χ1) is 29.8. The molecule has 0 spiro atoms. The van der Waals surface area contributed by atoms with Crippen LogP contribution in [-0.4, -0.2) is 113 Å². The maximum atomic E-state index is 15.2. The summed E-state index contributed by atoms with van der Waals surface area (Å²) in [6.07, 6.45) is 4.01. The van der Waals surface area contributed by atoms with Crippen LogP contribution in [0.2, 0.25) is 0 Å². The van der Waals surface area contributed by atoms with Crippen LogP contribution in [0.3, 0.4) is 0 Å². The Hall–Kier alpha value is -6.07. The number of aryl methyl sites for hydroxylation is 2. The summed E-state index contributed by atoms with van der Waals surface area (Å²) in [6.45, 7) is 6.59. The molecule has 4 aliphatic rings. The average molecular weight is 852 g/mol. The fourth-order valence-corrected chi connectivity index (χ4v) is 9.01. The quantitative estimate of drug-likeness (QED) is 0.234. The number of pyridine rings is 1. The number of piperidine rings is 2. The van der Waals surface area contributed by atoms with E-state index in [-0.39, 0.29) is 42.4 Å². The summed E-state index contributed by atoms with van der Waals surface area (Å²) < 4.78 is 44.2. The number of hydrogen-bond donors (Lipinski definition) is 2.